The van der Waals surface area contributed by atoms with Crippen LogP contribution in [0, 0.1) is 35.0 Å². The van der Waals surface area contributed by atoms with Crippen LogP contribution in [0.1, 0.15) is 72.1 Å². The molecule has 3 aliphatic rings. The van der Waals surface area contributed by atoms with Gasteiger partial charge in [0, 0.05) is 12.8 Å². The number of fused-ring (bicyclic) bond motifs is 1. The molecule has 0 heterocycles. The van der Waals surface area contributed by atoms with E-state index in [0.717, 1.165) is 24.0 Å². The second kappa shape index (κ2) is 9.63. The van der Waals surface area contributed by atoms with E-state index in [0.29, 0.717) is 30.6 Å². The molecule has 4 heteroatoms. The van der Waals surface area contributed by atoms with E-state index in [1.165, 1.54) is 31.3 Å². The van der Waals surface area contributed by atoms with Crippen molar-refractivity contribution in [3.05, 3.63) is 35.5 Å². The van der Waals surface area contributed by atoms with Crippen LogP contribution in [0.3, 0.4) is 0 Å². The van der Waals surface area contributed by atoms with E-state index < -0.39 is 17.8 Å². The van der Waals surface area contributed by atoms with Crippen molar-refractivity contribution in [2.75, 3.05) is 6.61 Å². The van der Waals surface area contributed by atoms with Gasteiger partial charge in [0.25, 0.3) is 0 Å². The third-order valence-corrected chi connectivity index (χ3v) is 8.08. The number of aliphatic hydroxyl groups excluding tert-OH is 3. The zero-order valence-corrected chi connectivity index (χ0v) is 19.4. The van der Waals surface area contributed by atoms with Crippen molar-refractivity contribution in [2.24, 2.45) is 23.2 Å². The first-order valence-electron chi connectivity index (χ1n) is 11.9. The second-order valence-electron chi connectivity index (χ2n) is 10.6. The van der Waals surface area contributed by atoms with Gasteiger partial charge >= 0.3 is 0 Å². The first-order chi connectivity index (χ1) is 14.6. The van der Waals surface area contributed by atoms with Crippen molar-refractivity contribution >= 4 is 0 Å². The van der Waals surface area contributed by atoms with Gasteiger partial charge in [0.2, 0.25) is 0 Å². The van der Waals surface area contributed by atoms with Crippen LogP contribution in [-0.4, -0.2) is 44.8 Å². The van der Waals surface area contributed by atoms with Crippen molar-refractivity contribution in [1.82, 2.24) is 0 Å². The lowest BCUT2D eigenvalue weighted by Crippen LogP contribution is -2.36. The third kappa shape index (κ3) is 5.34. The van der Waals surface area contributed by atoms with Crippen LogP contribution in [-0.2, 0) is 0 Å². The first-order valence-corrected chi connectivity index (χ1v) is 11.9. The summed E-state index contributed by atoms with van der Waals surface area (Å²) in [6.07, 6.45) is 10.8. The largest absolute Gasteiger partial charge is 0.393 e. The molecule has 172 valence electrons. The van der Waals surface area contributed by atoms with Crippen molar-refractivity contribution < 1.29 is 20.4 Å². The summed E-state index contributed by atoms with van der Waals surface area (Å²) in [5, 5.41) is 39.3. The Morgan fingerprint density at radius 3 is 2.74 bits per heavy atom. The van der Waals surface area contributed by atoms with Crippen LogP contribution in [0.2, 0.25) is 0 Å². The highest BCUT2D eigenvalue weighted by molar-refractivity contribution is 5.38. The summed E-state index contributed by atoms with van der Waals surface area (Å²) in [5.74, 6) is 7.53. The monoisotopic (exact) mass is 428 g/mol. The van der Waals surface area contributed by atoms with Gasteiger partial charge in [-0.15, -0.1) is 0 Å². The summed E-state index contributed by atoms with van der Waals surface area (Å²) < 4.78 is 0. The number of rotatable bonds is 4. The van der Waals surface area contributed by atoms with Gasteiger partial charge in [0.05, 0.1) is 18.8 Å². The lowest BCUT2D eigenvalue weighted by atomic mass is 9.61. The Bertz CT molecular complexity index is 796. The summed E-state index contributed by atoms with van der Waals surface area (Å²) in [6.45, 7) is 9.95. The number of allylic oxidation sites excluding steroid dienone is 3. The van der Waals surface area contributed by atoms with E-state index in [1.54, 1.807) is 6.92 Å². The molecule has 3 aliphatic carbocycles. The average molecular weight is 429 g/mol. The van der Waals surface area contributed by atoms with Crippen molar-refractivity contribution in [3.8, 4) is 11.8 Å². The van der Waals surface area contributed by atoms with Gasteiger partial charge < -0.3 is 20.4 Å². The highest BCUT2D eigenvalue weighted by atomic mass is 16.3. The quantitative estimate of drug-likeness (QED) is 0.512. The zero-order chi connectivity index (χ0) is 22.8. The maximum atomic E-state index is 10.1. The molecule has 31 heavy (non-hydrogen) atoms. The molecule has 0 aromatic carbocycles. The van der Waals surface area contributed by atoms with E-state index in [2.05, 4.69) is 44.4 Å². The minimum Gasteiger partial charge on any atom is -0.393 e. The van der Waals surface area contributed by atoms with Crippen LogP contribution in [0.25, 0.3) is 0 Å². The lowest BCUT2D eigenvalue weighted by Gasteiger charge is -2.44. The molecule has 4 nitrogen and oxygen atoms in total. The molecular weight excluding hydrogens is 388 g/mol. The zero-order valence-electron chi connectivity index (χ0n) is 19.4. The van der Waals surface area contributed by atoms with Crippen molar-refractivity contribution in [2.45, 2.75) is 89.9 Å². The summed E-state index contributed by atoms with van der Waals surface area (Å²) in [4.78, 5) is 0. The standard InChI is InChI=1S/C27H40O4/c1-18(7-5-13-26(3,31)17-28)23-11-12-24-20(8-6-14-27(23,24)4)9-10-21-15-22(29)16-25(30)19(21)2/h9-10,18,22-25,28-31H,2,6-8,11-12,14-17H2,1,3-4H3/b20-9+,21-10-/t18-,22-,23-,24+,25+,26+,27-/m1/s1. The van der Waals surface area contributed by atoms with Gasteiger partial charge in [-0.1, -0.05) is 50.0 Å². The number of aliphatic hydroxyl groups is 4. The van der Waals surface area contributed by atoms with Crippen LogP contribution in [0.15, 0.2) is 35.5 Å². The topological polar surface area (TPSA) is 80.9 Å². The maximum Gasteiger partial charge on any atom is 0.145 e. The van der Waals surface area contributed by atoms with Gasteiger partial charge in [-0.3, -0.25) is 0 Å². The van der Waals surface area contributed by atoms with Gasteiger partial charge in [-0.05, 0) is 79.8 Å². The fourth-order valence-electron chi connectivity index (χ4n) is 6.26. The second-order valence-corrected chi connectivity index (χ2v) is 10.6. The molecule has 3 fully saturated rings. The van der Waals surface area contributed by atoms with Gasteiger partial charge in [-0.25, -0.2) is 0 Å². The molecule has 0 amide bonds. The molecule has 0 bridgehead atoms. The molecule has 0 aliphatic heterocycles. The Morgan fingerprint density at radius 2 is 2.03 bits per heavy atom. The van der Waals surface area contributed by atoms with Gasteiger partial charge in [0.15, 0.2) is 0 Å². The summed E-state index contributed by atoms with van der Waals surface area (Å²) in [5.41, 5.74) is 2.15. The highest BCUT2D eigenvalue weighted by Gasteiger charge is 2.50. The minimum atomic E-state index is -1.32. The maximum absolute atomic E-state index is 10.1. The molecule has 7 atom stereocenters. The minimum absolute atomic E-state index is 0.256. The average Bonchev–Trinajstić information content (AvgIpc) is 3.07. The van der Waals surface area contributed by atoms with Crippen LogP contribution < -0.4 is 0 Å². The van der Waals surface area contributed by atoms with E-state index in [-0.39, 0.29) is 12.0 Å². The first kappa shape index (κ1) is 24.3. The van der Waals surface area contributed by atoms with Gasteiger partial charge in [-0.2, -0.15) is 0 Å². The van der Waals surface area contributed by atoms with Crippen LogP contribution in [0.5, 0.6) is 0 Å². The molecule has 0 radical (unpaired) electrons. The predicted molar refractivity (Wildman–Crippen MR) is 124 cm³/mol. The Labute approximate surface area is 187 Å². The lowest BCUT2D eigenvalue weighted by molar-refractivity contribution is 0.0516. The van der Waals surface area contributed by atoms with Crippen LogP contribution in [0.4, 0.5) is 0 Å². The van der Waals surface area contributed by atoms with Gasteiger partial charge in [0.1, 0.15) is 5.60 Å². The van der Waals surface area contributed by atoms with E-state index in [1.807, 2.05) is 0 Å². The van der Waals surface area contributed by atoms with E-state index in [4.69, 9.17) is 0 Å². The Balaban J connectivity index is 1.74. The predicted octanol–water partition coefficient (Wildman–Crippen LogP) is 3.90. The molecule has 0 spiro atoms. The van der Waals surface area contributed by atoms with E-state index in [9.17, 15) is 20.4 Å². The molecule has 0 unspecified atom stereocenters. The summed E-state index contributed by atoms with van der Waals surface area (Å²) in [7, 11) is 0. The molecule has 0 saturated heterocycles. The Hall–Kier alpha value is -1.38. The molecular formula is C27H40O4. The molecule has 3 rings (SSSR count). The van der Waals surface area contributed by atoms with Crippen molar-refractivity contribution in [1.29, 1.82) is 0 Å². The fraction of sp³-hybridized carbons (Fsp3) is 0.704. The van der Waals surface area contributed by atoms with Crippen molar-refractivity contribution in [3.63, 3.8) is 0 Å². The Morgan fingerprint density at radius 1 is 1.29 bits per heavy atom. The smallest absolute Gasteiger partial charge is 0.145 e. The summed E-state index contributed by atoms with van der Waals surface area (Å²) >= 11 is 0. The Kier molecular flexibility index (Phi) is 7.54. The molecule has 0 aromatic rings. The SMILES string of the molecule is C=C1/C(=C\C=C2/CCC[C@]3(C)[C@@H]([C@H](C)CC#C[C@](C)(O)CO)CC[C@@H]23)C[C@@H](O)C[C@@H]1O. The summed E-state index contributed by atoms with van der Waals surface area (Å²) in [6, 6.07) is 0. The number of hydrogen-bond donors (Lipinski definition) is 4. The van der Waals surface area contributed by atoms with E-state index >= 15 is 0 Å². The fourth-order valence-corrected chi connectivity index (χ4v) is 6.26. The number of hydrogen-bond acceptors (Lipinski definition) is 4. The normalized spacial score (nSPS) is 39.0. The molecule has 3 saturated carbocycles. The molecule has 4 N–H and O–H groups in total. The molecule has 0 aromatic heterocycles. The van der Waals surface area contributed by atoms with Crippen LogP contribution >= 0.6 is 0 Å². The third-order valence-electron chi connectivity index (χ3n) is 8.08. The highest BCUT2D eigenvalue weighted by Crippen LogP contribution is 2.59.